The summed E-state index contributed by atoms with van der Waals surface area (Å²) in [4.78, 5) is -0.508. The maximum atomic E-state index is 13.4. The first-order valence-electron chi connectivity index (χ1n) is 6.30. The van der Waals surface area contributed by atoms with Crippen LogP contribution in [-0.2, 0) is 16.2 Å². The zero-order valence-corrected chi connectivity index (χ0v) is 12.9. The predicted octanol–water partition coefficient (Wildman–Crippen LogP) is 2.30. The van der Waals surface area contributed by atoms with Crippen LogP contribution < -0.4 is 10.0 Å². The Kier molecular flexibility index (Phi) is 6.19. The lowest BCUT2D eigenvalue weighted by molar-refractivity contribution is -0.140. The maximum absolute atomic E-state index is 13.4. The summed E-state index contributed by atoms with van der Waals surface area (Å²) in [6.45, 7) is 1.29. The van der Waals surface area contributed by atoms with Gasteiger partial charge in [0.2, 0.25) is 10.0 Å². The SMILES string of the molecule is Cl.O=S(=O)(NC1CCNCC1)c1ccc(C(F)(F)F)c(F)c1. The summed E-state index contributed by atoms with van der Waals surface area (Å²) >= 11 is 0. The third-order valence-electron chi connectivity index (χ3n) is 3.22. The van der Waals surface area contributed by atoms with E-state index in [2.05, 4.69) is 10.0 Å². The molecule has 1 fully saturated rings. The molecule has 0 amide bonds. The van der Waals surface area contributed by atoms with Crippen molar-refractivity contribution in [1.82, 2.24) is 10.0 Å². The van der Waals surface area contributed by atoms with E-state index in [1.807, 2.05) is 0 Å². The first kappa shape index (κ1) is 19.1. The number of rotatable bonds is 3. The fourth-order valence-corrected chi connectivity index (χ4v) is 3.44. The molecule has 0 aliphatic carbocycles. The van der Waals surface area contributed by atoms with Crippen LogP contribution in [0.5, 0.6) is 0 Å². The average Bonchev–Trinajstić information content (AvgIpc) is 2.37. The van der Waals surface area contributed by atoms with Crippen molar-refractivity contribution in [3.8, 4) is 0 Å². The zero-order chi connectivity index (χ0) is 15.7. The van der Waals surface area contributed by atoms with Crippen LogP contribution in [0.2, 0.25) is 0 Å². The average molecular weight is 363 g/mol. The molecule has 126 valence electrons. The Morgan fingerprint density at radius 2 is 1.77 bits per heavy atom. The molecule has 0 unspecified atom stereocenters. The standard InChI is InChI=1S/C12H14F4N2O2S.ClH/c13-11-7-9(1-2-10(11)12(14,15)16)21(19,20)18-8-3-5-17-6-4-8;/h1-2,7-8,17-18H,3-6H2;1H. The smallest absolute Gasteiger partial charge is 0.317 e. The number of alkyl halides is 3. The second-order valence-corrected chi connectivity index (χ2v) is 6.50. The van der Waals surface area contributed by atoms with Gasteiger partial charge in [0.15, 0.2) is 0 Å². The van der Waals surface area contributed by atoms with Gasteiger partial charge in [-0.1, -0.05) is 0 Å². The molecule has 0 saturated carbocycles. The van der Waals surface area contributed by atoms with Gasteiger partial charge >= 0.3 is 6.18 Å². The summed E-state index contributed by atoms with van der Waals surface area (Å²) < 4.78 is 77.2. The Morgan fingerprint density at radius 1 is 1.18 bits per heavy atom. The molecule has 1 saturated heterocycles. The number of hydrogen-bond donors (Lipinski definition) is 2. The monoisotopic (exact) mass is 362 g/mol. The molecule has 0 atom stereocenters. The van der Waals surface area contributed by atoms with E-state index < -0.39 is 32.5 Å². The molecule has 1 heterocycles. The Labute approximate surface area is 131 Å². The van der Waals surface area contributed by atoms with E-state index in [1.54, 1.807) is 0 Å². The molecule has 1 aromatic rings. The van der Waals surface area contributed by atoms with Crippen molar-refractivity contribution in [3.05, 3.63) is 29.6 Å². The number of nitrogens with one attached hydrogen (secondary N) is 2. The summed E-state index contributed by atoms with van der Waals surface area (Å²) in [5, 5.41) is 3.05. The third-order valence-corrected chi connectivity index (χ3v) is 4.74. The van der Waals surface area contributed by atoms with Gasteiger partial charge in [0.1, 0.15) is 5.82 Å². The highest BCUT2D eigenvalue weighted by Gasteiger charge is 2.35. The van der Waals surface area contributed by atoms with Gasteiger partial charge in [-0.3, -0.25) is 0 Å². The van der Waals surface area contributed by atoms with E-state index in [0.29, 0.717) is 38.1 Å². The first-order chi connectivity index (χ1) is 9.70. The van der Waals surface area contributed by atoms with Crippen molar-refractivity contribution in [2.75, 3.05) is 13.1 Å². The van der Waals surface area contributed by atoms with E-state index in [4.69, 9.17) is 0 Å². The summed E-state index contributed by atoms with van der Waals surface area (Å²) in [5.74, 6) is -1.60. The minimum absolute atomic E-state index is 0. The highest BCUT2D eigenvalue weighted by Crippen LogP contribution is 2.32. The van der Waals surface area contributed by atoms with Crippen LogP contribution in [0, 0.1) is 5.82 Å². The van der Waals surface area contributed by atoms with Crippen molar-refractivity contribution in [2.24, 2.45) is 0 Å². The Bertz CT molecular complexity index is 616. The molecule has 2 N–H and O–H groups in total. The minimum Gasteiger partial charge on any atom is -0.317 e. The van der Waals surface area contributed by atoms with Crippen molar-refractivity contribution >= 4 is 22.4 Å². The molecule has 22 heavy (non-hydrogen) atoms. The fourth-order valence-electron chi connectivity index (χ4n) is 2.12. The Morgan fingerprint density at radius 3 is 2.27 bits per heavy atom. The van der Waals surface area contributed by atoms with Crippen molar-refractivity contribution < 1.29 is 26.0 Å². The minimum atomic E-state index is -4.85. The van der Waals surface area contributed by atoms with E-state index >= 15 is 0 Å². The number of halogens is 5. The summed E-state index contributed by atoms with van der Waals surface area (Å²) in [7, 11) is -4.03. The van der Waals surface area contributed by atoms with E-state index in [1.165, 1.54) is 0 Å². The molecule has 10 heteroatoms. The van der Waals surface area contributed by atoms with Crippen LogP contribution in [0.15, 0.2) is 23.1 Å². The molecular formula is C12H15ClF4N2O2S. The summed E-state index contributed by atoms with van der Waals surface area (Å²) in [6, 6.07) is 1.29. The van der Waals surface area contributed by atoms with Crippen LogP contribution >= 0.6 is 12.4 Å². The molecule has 0 radical (unpaired) electrons. The first-order valence-corrected chi connectivity index (χ1v) is 7.78. The van der Waals surface area contributed by atoms with Gasteiger partial charge in [-0.15, -0.1) is 12.4 Å². The Balaban J connectivity index is 0.00000242. The summed E-state index contributed by atoms with van der Waals surface area (Å²) in [5.41, 5.74) is -1.48. The van der Waals surface area contributed by atoms with Crippen molar-refractivity contribution in [2.45, 2.75) is 30.0 Å². The lowest BCUT2D eigenvalue weighted by Gasteiger charge is -2.23. The molecule has 0 aromatic heterocycles. The molecule has 1 aliphatic rings. The number of sulfonamides is 1. The summed E-state index contributed by atoms with van der Waals surface area (Å²) in [6.07, 6.45) is -3.71. The van der Waals surface area contributed by atoms with Crippen molar-refractivity contribution in [3.63, 3.8) is 0 Å². The molecule has 4 nitrogen and oxygen atoms in total. The maximum Gasteiger partial charge on any atom is 0.419 e. The lowest BCUT2D eigenvalue weighted by Crippen LogP contribution is -2.42. The van der Waals surface area contributed by atoms with E-state index in [-0.39, 0.29) is 18.4 Å². The van der Waals surface area contributed by atoms with Crippen LogP contribution in [0.25, 0.3) is 0 Å². The Hall–Kier alpha value is -0.900. The topological polar surface area (TPSA) is 58.2 Å². The second kappa shape index (κ2) is 7.12. The zero-order valence-electron chi connectivity index (χ0n) is 11.3. The van der Waals surface area contributed by atoms with Crippen LogP contribution in [-0.4, -0.2) is 27.5 Å². The largest absolute Gasteiger partial charge is 0.419 e. The fraction of sp³-hybridized carbons (Fsp3) is 0.500. The third kappa shape index (κ3) is 4.55. The van der Waals surface area contributed by atoms with Gasteiger partial charge < -0.3 is 5.32 Å². The molecule has 0 bridgehead atoms. The van der Waals surface area contributed by atoms with Gasteiger partial charge in [-0.05, 0) is 44.1 Å². The predicted molar refractivity (Wildman–Crippen MR) is 74.9 cm³/mol. The van der Waals surface area contributed by atoms with Gasteiger partial charge in [0.05, 0.1) is 10.5 Å². The van der Waals surface area contributed by atoms with Crippen LogP contribution in [0.4, 0.5) is 17.6 Å². The number of hydrogen-bond acceptors (Lipinski definition) is 3. The molecular weight excluding hydrogens is 348 g/mol. The molecule has 1 aliphatic heterocycles. The van der Waals surface area contributed by atoms with Gasteiger partial charge in [0.25, 0.3) is 0 Å². The number of benzene rings is 1. The van der Waals surface area contributed by atoms with Crippen molar-refractivity contribution in [1.29, 1.82) is 0 Å². The second-order valence-electron chi connectivity index (χ2n) is 4.78. The van der Waals surface area contributed by atoms with Crippen LogP contribution in [0.1, 0.15) is 18.4 Å². The highest BCUT2D eigenvalue weighted by atomic mass is 35.5. The molecule has 2 rings (SSSR count). The van der Waals surface area contributed by atoms with Gasteiger partial charge in [-0.25, -0.2) is 17.5 Å². The van der Waals surface area contributed by atoms with Crippen LogP contribution in [0.3, 0.4) is 0 Å². The molecule has 1 aromatic carbocycles. The van der Waals surface area contributed by atoms with E-state index in [9.17, 15) is 26.0 Å². The van der Waals surface area contributed by atoms with Gasteiger partial charge in [-0.2, -0.15) is 13.2 Å². The molecule has 0 spiro atoms. The highest BCUT2D eigenvalue weighted by molar-refractivity contribution is 7.89. The normalized spacial score (nSPS) is 17.1. The number of piperidine rings is 1. The van der Waals surface area contributed by atoms with E-state index in [0.717, 1.165) is 6.07 Å². The van der Waals surface area contributed by atoms with Gasteiger partial charge in [0, 0.05) is 6.04 Å². The quantitative estimate of drug-likeness (QED) is 0.811. The lowest BCUT2D eigenvalue weighted by atomic mass is 10.1.